The number of carbonyl (C=O) groups excluding carboxylic acids is 1. The van der Waals surface area contributed by atoms with E-state index in [0.717, 1.165) is 44.0 Å². The topological polar surface area (TPSA) is 69.2 Å². The summed E-state index contributed by atoms with van der Waals surface area (Å²) in [6, 6.07) is 0.622. The number of ether oxygens (including phenoxy) is 1. The van der Waals surface area contributed by atoms with Gasteiger partial charge in [0.2, 0.25) is 5.91 Å². The van der Waals surface area contributed by atoms with Crippen LogP contribution < -0.4 is 10.6 Å². The van der Waals surface area contributed by atoms with Crippen molar-refractivity contribution in [1.82, 2.24) is 20.4 Å². The van der Waals surface area contributed by atoms with Crippen molar-refractivity contribution in [3.63, 3.8) is 0 Å². The summed E-state index contributed by atoms with van der Waals surface area (Å²) in [5.74, 6) is 2.92. The van der Waals surface area contributed by atoms with Crippen molar-refractivity contribution in [2.24, 2.45) is 16.8 Å². The molecule has 2 N–H and O–H groups in total. The maximum absolute atomic E-state index is 11.9. The third-order valence-electron chi connectivity index (χ3n) is 6.29. The van der Waals surface area contributed by atoms with Gasteiger partial charge in [-0.2, -0.15) is 0 Å². The summed E-state index contributed by atoms with van der Waals surface area (Å²) in [4.78, 5) is 21.0. The second-order valence-electron chi connectivity index (χ2n) is 8.20. The van der Waals surface area contributed by atoms with Gasteiger partial charge in [-0.3, -0.25) is 14.7 Å². The largest absolute Gasteiger partial charge is 0.383 e. The zero-order valence-corrected chi connectivity index (χ0v) is 17.1. The number of piperazine rings is 1. The fraction of sp³-hybridized carbons (Fsp3) is 0.900. The number of amides is 1. The molecule has 0 bridgehead atoms. The SMILES string of the molecule is CN=C(NC1CC1C1CCCCC1)N1CCN(CC(=O)NCCOC)CC1. The fourth-order valence-corrected chi connectivity index (χ4v) is 4.60. The Morgan fingerprint density at radius 2 is 1.89 bits per heavy atom. The van der Waals surface area contributed by atoms with Gasteiger partial charge in [0.05, 0.1) is 13.2 Å². The zero-order chi connectivity index (χ0) is 19.1. The van der Waals surface area contributed by atoms with Gasteiger partial charge in [0.15, 0.2) is 5.96 Å². The molecule has 7 heteroatoms. The lowest BCUT2D eigenvalue weighted by atomic mass is 9.85. The van der Waals surface area contributed by atoms with E-state index in [9.17, 15) is 4.79 Å². The summed E-state index contributed by atoms with van der Waals surface area (Å²) in [7, 11) is 3.53. The molecule has 1 aliphatic heterocycles. The number of nitrogens with zero attached hydrogens (tertiary/aromatic N) is 3. The van der Waals surface area contributed by atoms with E-state index < -0.39 is 0 Å². The van der Waals surface area contributed by atoms with Gasteiger partial charge in [-0.05, 0) is 18.3 Å². The predicted molar refractivity (Wildman–Crippen MR) is 108 cm³/mol. The molecule has 154 valence electrons. The van der Waals surface area contributed by atoms with Crippen LogP contribution in [0.15, 0.2) is 4.99 Å². The van der Waals surface area contributed by atoms with Crippen LogP contribution in [-0.2, 0) is 9.53 Å². The summed E-state index contributed by atoms with van der Waals surface area (Å²) in [5.41, 5.74) is 0. The Bertz CT molecular complexity index is 499. The van der Waals surface area contributed by atoms with Crippen molar-refractivity contribution in [3.05, 3.63) is 0 Å². The van der Waals surface area contributed by atoms with Crippen LogP contribution >= 0.6 is 0 Å². The molecule has 7 nitrogen and oxygen atoms in total. The molecule has 0 aromatic rings. The van der Waals surface area contributed by atoms with Crippen molar-refractivity contribution in [2.75, 3.05) is 60.0 Å². The molecule has 27 heavy (non-hydrogen) atoms. The predicted octanol–water partition coefficient (Wildman–Crippen LogP) is 0.911. The quantitative estimate of drug-likeness (QED) is 0.391. The summed E-state index contributed by atoms with van der Waals surface area (Å²) in [6.07, 6.45) is 8.43. The lowest BCUT2D eigenvalue weighted by Crippen LogP contribution is -2.54. The van der Waals surface area contributed by atoms with Gasteiger partial charge in [-0.1, -0.05) is 32.1 Å². The van der Waals surface area contributed by atoms with E-state index in [1.807, 2.05) is 7.05 Å². The van der Waals surface area contributed by atoms with Gasteiger partial charge >= 0.3 is 0 Å². The highest BCUT2D eigenvalue weighted by Gasteiger charge is 2.43. The molecular formula is C20H37N5O2. The number of guanidine groups is 1. The first-order valence-corrected chi connectivity index (χ1v) is 10.7. The molecule has 1 heterocycles. The van der Waals surface area contributed by atoms with Gasteiger partial charge in [0, 0.05) is 52.9 Å². The van der Waals surface area contributed by atoms with Crippen molar-refractivity contribution in [3.8, 4) is 0 Å². The number of carbonyl (C=O) groups is 1. The molecule has 0 aromatic heterocycles. The van der Waals surface area contributed by atoms with E-state index in [1.54, 1.807) is 7.11 Å². The molecule has 3 fully saturated rings. The van der Waals surface area contributed by atoms with Crippen LogP contribution in [0.2, 0.25) is 0 Å². The maximum atomic E-state index is 11.9. The lowest BCUT2D eigenvalue weighted by molar-refractivity contribution is -0.122. The minimum Gasteiger partial charge on any atom is -0.383 e. The number of methoxy groups -OCH3 is 1. The van der Waals surface area contributed by atoms with Crippen LogP contribution in [0.4, 0.5) is 0 Å². The van der Waals surface area contributed by atoms with Crippen LogP contribution in [0.25, 0.3) is 0 Å². The molecule has 1 saturated heterocycles. The number of hydrogen-bond donors (Lipinski definition) is 2. The van der Waals surface area contributed by atoms with Crippen LogP contribution in [0.1, 0.15) is 38.5 Å². The van der Waals surface area contributed by atoms with E-state index >= 15 is 0 Å². The van der Waals surface area contributed by atoms with Gasteiger partial charge < -0.3 is 20.3 Å². The molecular weight excluding hydrogens is 342 g/mol. The number of nitrogens with one attached hydrogen (secondary N) is 2. The first-order chi connectivity index (χ1) is 13.2. The van der Waals surface area contributed by atoms with Crippen LogP contribution in [0, 0.1) is 11.8 Å². The normalized spacial score (nSPS) is 27.5. The molecule has 1 amide bonds. The molecule has 2 saturated carbocycles. The van der Waals surface area contributed by atoms with Crippen LogP contribution in [-0.4, -0.2) is 87.7 Å². The Morgan fingerprint density at radius 1 is 1.15 bits per heavy atom. The number of aliphatic imine (C=N–C) groups is 1. The Hall–Kier alpha value is -1.34. The average molecular weight is 380 g/mol. The first-order valence-electron chi connectivity index (χ1n) is 10.7. The van der Waals surface area contributed by atoms with E-state index in [0.29, 0.717) is 25.7 Å². The Kier molecular flexibility index (Phi) is 7.76. The van der Waals surface area contributed by atoms with Gasteiger partial charge in [-0.25, -0.2) is 0 Å². The first kappa shape index (κ1) is 20.4. The van der Waals surface area contributed by atoms with Gasteiger partial charge in [0.25, 0.3) is 0 Å². The highest BCUT2D eigenvalue weighted by molar-refractivity contribution is 5.81. The second-order valence-corrected chi connectivity index (χ2v) is 8.20. The van der Waals surface area contributed by atoms with E-state index in [1.165, 1.54) is 38.5 Å². The third-order valence-corrected chi connectivity index (χ3v) is 6.29. The maximum Gasteiger partial charge on any atom is 0.234 e. The Morgan fingerprint density at radius 3 is 2.56 bits per heavy atom. The average Bonchev–Trinajstić information content (AvgIpc) is 3.47. The molecule has 0 aromatic carbocycles. The molecule has 2 aliphatic carbocycles. The standard InChI is InChI=1S/C20H37N5O2/c1-21-20(23-18-14-17(18)16-6-4-3-5-7-16)25-11-9-24(10-12-25)15-19(26)22-8-13-27-2/h16-18H,3-15H2,1-2H3,(H,21,23)(H,22,26). The van der Waals surface area contributed by atoms with Crippen LogP contribution in [0.5, 0.6) is 0 Å². The van der Waals surface area contributed by atoms with Crippen molar-refractivity contribution in [1.29, 1.82) is 0 Å². The highest BCUT2D eigenvalue weighted by Crippen LogP contribution is 2.44. The van der Waals surface area contributed by atoms with Gasteiger partial charge in [0.1, 0.15) is 0 Å². The lowest BCUT2D eigenvalue weighted by Gasteiger charge is -2.36. The molecule has 3 aliphatic rings. The van der Waals surface area contributed by atoms with Crippen LogP contribution in [0.3, 0.4) is 0 Å². The van der Waals surface area contributed by atoms with E-state index in [-0.39, 0.29) is 5.91 Å². The smallest absolute Gasteiger partial charge is 0.234 e. The third kappa shape index (κ3) is 6.07. The summed E-state index contributed by atoms with van der Waals surface area (Å²) < 4.78 is 4.96. The number of rotatable bonds is 7. The molecule has 2 unspecified atom stereocenters. The molecule has 0 radical (unpaired) electrons. The summed E-state index contributed by atoms with van der Waals surface area (Å²) in [6.45, 7) is 5.25. The number of hydrogen-bond acceptors (Lipinski definition) is 4. The van der Waals surface area contributed by atoms with Crippen molar-refractivity contribution < 1.29 is 9.53 Å². The summed E-state index contributed by atoms with van der Waals surface area (Å²) in [5, 5.41) is 6.60. The van der Waals surface area contributed by atoms with Gasteiger partial charge in [-0.15, -0.1) is 0 Å². The molecule has 0 spiro atoms. The monoisotopic (exact) mass is 379 g/mol. The second kappa shape index (κ2) is 10.3. The van der Waals surface area contributed by atoms with E-state index in [2.05, 4.69) is 25.4 Å². The fourth-order valence-electron chi connectivity index (χ4n) is 4.60. The van der Waals surface area contributed by atoms with Crippen molar-refractivity contribution in [2.45, 2.75) is 44.6 Å². The zero-order valence-electron chi connectivity index (χ0n) is 17.1. The Labute approximate surface area is 163 Å². The molecule has 2 atom stereocenters. The minimum atomic E-state index is 0.0799. The minimum absolute atomic E-state index is 0.0799. The van der Waals surface area contributed by atoms with E-state index in [4.69, 9.17) is 4.74 Å². The highest BCUT2D eigenvalue weighted by atomic mass is 16.5. The molecule has 3 rings (SSSR count). The summed E-state index contributed by atoms with van der Waals surface area (Å²) >= 11 is 0. The van der Waals surface area contributed by atoms with Crippen molar-refractivity contribution >= 4 is 11.9 Å². The Balaban J connectivity index is 1.36.